The molecule has 0 aromatic rings. The van der Waals surface area contributed by atoms with E-state index in [0.29, 0.717) is 6.54 Å². The Balaban J connectivity index is 0.00000841. The quantitative estimate of drug-likeness (QED) is 0.161. The van der Waals surface area contributed by atoms with Crippen molar-refractivity contribution in [1.82, 2.24) is 20.9 Å². The molecule has 3 N–H and O–H groups in total. The number of rotatable bonds is 11. The lowest BCUT2D eigenvalue weighted by Crippen LogP contribution is -2.49. The van der Waals surface area contributed by atoms with Crippen molar-refractivity contribution in [3.63, 3.8) is 0 Å². The number of alkyl carbamates (subject to hydrolysis) is 1. The second-order valence-corrected chi connectivity index (χ2v) is 8.53. The maximum atomic E-state index is 11.9. The first-order valence-corrected chi connectivity index (χ1v) is 11.1. The van der Waals surface area contributed by atoms with Gasteiger partial charge in [-0.15, -0.1) is 24.0 Å². The number of ether oxygens (including phenoxy) is 2. The fraction of sp³-hybridized carbons (Fsp3) is 0.905. The molecule has 0 aliphatic carbocycles. The van der Waals surface area contributed by atoms with Crippen molar-refractivity contribution in [2.24, 2.45) is 4.99 Å². The minimum atomic E-state index is -0.491. The van der Waals surface area contributed by atoms with Crippen molar-refractivity contribution < 1.29 is 14.3 Å². The number of morpholine rings is 1. The average Bonchev–Trinajstić information content (AvgIpc) is 2.68. The summed E-state index contributed by atoms with van der Waals surface area (Å²) in [5.74, 6) is 0.781. The summed E-state index contributed by atoms with van der Waals surface area (Å²) in [5.41, 5.74) is -0.491. The zero-order chi connectivity index (χ0) is 21.5. The molecule has 1 heterocycles. The van der Waals surface area contributed by atoms with E-state index in [1.807, 2.05) is 20.8 Å². The van der Waals surface area contributed by atoms with Gasteiger partial charge in [-0.05, 0) is 46.6 Å². The van der Waals surface area contributed by atoms with E-state index >= 15 is 0 Å². The number of nitrogens with one attached hydrogen (secondary N) is 3. The maximum absolute atomic E-state index is 11.9. The Morgan fingerprint density at radius 2 is 1.87 bits per heavy atom. The summed E-state index contributed by atoms with van der Waals surface area (Å²) in [6, 6.07) is 0.113. The number of aliphatic imine (C=N–C) groups is 1. The van der Waals surface area contributed by atoms with Crippen LogP contribution in [0.15, 0.2) is 4.99 Å². The summed E-state index contributed by atoms with van der Waals surface area (Å²) in [5, 5.41) is 9.70. The molecule has 1 aliphatic heterocycles. The summed E-state index contributed by atoms with van der Waals surface area (Å²) < 4.78 is 10.7. The number of halogens is 1. The second kappa shape index (κ2) is 16.8. The molecule has 9 heteroatoms. The van der Waals surface area contributed by atoms with Crippen molar-refractivity contribution in [3.8, 4) is 0 Å². The van der Waals surface area contributed by atoms with E-state index in [1.54, 1.807) is 7.05 Å². The van der Waals surface area contributed by atoms with Crippen LogP contribution in [0.4, 0.5) is 4.79 Å². The van der Waals surface area contributed by atoms with Gasteiger partial charge in [-0.1, -0.05) is 19.8 Å². The lowest BCUT2D eigenvalue weighted by molar-refractivity contribution is 0.0372. The molecule has 178 valence electrons. The van der Waals surface area contributed by atoms with Gasteiger partial charge in [0.1, 0.15) is 5.60 Å². The summed E-state index contributed by atoms with van der Waals surface area (Å²) >= 11 is 0. The fourth-order valence-corrected chi connectivity index (χ4v) is 3.08. The third-order valence-corrected chi connectivity index (χ3v) is 4.66. The lowest BCUT2D eigenvalue weighted by Gasteiger charge is -2.26. The molecule has 1 atom stereocenters. The Kier molecular flexibility index (Phi) is 16.4. The van der Waals surface area contributed by atoms with Crippen LogP contribution < -0.4 is 16.0 Å². The monoisotopic (exact) mass is 541 g/mol. The molecular formula is C21H44IN5O3. The molecule has 1 amide bonds. The maximum Gasteiger partial charge on any atom is 0.407 e. The highest BCUT2D eigenvalue weighted by atomic mass is 127. The first kappa shape index (κ1) is 29.2. The molecular weight excluding hydrogens is 497 g/mol. The summed E-state index contributed by atoms with van der Waals surface area (Å²) in [7, 11) is 1.78. The van der Waals surface area contributed by atoms with Crippen LogP contribution in [0.2, 0.25) is 0 Å². The van der Waals surface area contributed by atoms with E-state index in [4.69, 9.17) is 9.47 Å². The van der Waals surface area contributed by atoms with Gasteiger partial charge in [0.15, 0.2) is 5.96 Å². The highest BCUT2D eigenvalue weighted by Gasteiger charge is 2.18. The molecule has 0 bridgehead atoms. The number of nitrogens with zero attached hydrogens (tertiary/aromatic N) is 2. The standard InChI is InChI=1S/C21H43N5O3.HI/c1-6-7-10-18(17-24-20(27)29-21(2,3)4)25-19(22-5)23-11-8-9-12-26-13-15-28-16-14-26;/h18H,6-17H2,1-5H3,(H,24,27)(H2,22,23,25);1H. The van der Waals surface area contributed by atoms with E-state index in [-0.39, 0.29) is 36.1 Å². The topological polar surface area (TPSA) is 87.2 Å². The molecule has 0 aromatic carbocycles. The minimum Gasteiger partial charge on any atom is -0.444 e. The SMILES string of the molecule is CCCCC(CNC(=O)OC(C)(C)C)NC(=NC)NCCCCN1CCOCC1.I. The zero-order valence-electron chi connectivity index (χ0n) is 19.6. The van der Waals surface area contributed by atoms with Gasteiger partial charge in [0.05, 0.1) is 13.2 Å². The highest BCUT2D eigenvalue weighted by molar-refractivity contribution is 14.0. The van der Waals surface area contributed by atoms with Gasteiger partial charge < -0.3 is 25.4 Å². The van der Waals surface area contributed by atoms with E-state index in [2.05, 4.69) is 32.8 Å². The molecule has 30 heavy (non-hydrogen) atoms. The number of hydrogen-bond donors (Lipinski definition) is 3. The highest BCUT2D eigenvalue weighted by Crippen LogP contribution is 2.07. The van der Waals surface area contributed by atoms with Crippen molar-refractivity contribution in [2.75, 3.05) is 53.0 Å². The van der Waals surface area contributed by atoms with Crippen LogP contribution in [0.25, 0.3) is 0 Å². The zero-order valence-corrected chi connectivity index (χ0v) is 21.9. The van der Waals surface area contributed by atoms with Gasteiger partial charge in [0.25, 0.3) is 0 Å². The molecule has 8 nitrogen and oxygen atoms in total. The number of guanidine groups is 1. The smallest absolute Gasteiger partial charge is 0.407 e. The van der Waals surface area contributed by atoms with E-state index < -0.39 is 5.60 Å². The first-order valence-electron chi connectivity index (χ1n) is 11.1. The molecule has 0 radical (unpaired) electrons. The Morgan fingerprint density at radius 1 is 1.17 bits per heavy atom. The van der Waals surface area contributed by atoms with Gasteiger partial charge in [-0.3, -0.25) is 9.89 Å². The Morgan fingerprint density at radius 3 is 2.47 bits per heavy atom. The van der Waals surface area contributed by atoms with Gasteiger partial charge in [0, 0.05) is 39.3 Å². The third-order valence-electron chi connectivity index (χ3n) is 4.66. The number of unbranched alkanes of at least 4 members (excludes halogenated alkanes) is 2. The number of carbonyl (C=O) groups excluding carboxylic acids is 1. The van der Waals surface area contributed by atoms with Gasteiger partial charge in [-0.2, -0.15) is 0 Å². The van der Waals surface area contributed by atoms with Gasteiger partial charge in [-0.25, -0.2) is 4.79 Å². The summed E-state index contributed by atoms with van der Waals surface area (Å²) in [4.78, 5) is 18.7. The Hall–Kier alpha value is -0.810. The predicted molar refractivity (Wildman–Crippen MR) is 134 cm³/mol. The minimum absolute atomic E-state index is 0. The molecule has 1 fully saturated rings. The average molecular weight is 542 g/mol. The van der Waals surface area contributed by atoms with Crippen LogP contribution in [0.3, 0.4) is 0 Å². The molecule has 1 rings (SSSR count). The van der Waals surface area contributed by atoms with E-state index in [9.17, 15) is 4.79 Å². The lowest BCUT2D eigenvalue weighted by atomic mass is 10.1. The Bertz CT molecular complexity index is 480. The van der Waals surface area contributed by atoms with E-state index in [1.165, 1.54) is 0 Å². The molecule has 1 saturated heterocycles. The van der Waals surface area contributed by atoms with Crippen LogP contribution in [0, 0.1) is 0 Å². The van der Waals surface area contributed by atoms with Crippen LogP contribution in [-0.2, 0) is 9.47 Å². The van der Waals surface area contributed by atoms with Crippen LogP contribution in [0.1, 0.15) is 59.8 Å². The molecule has 0 saturated carbocycles. The first-order chi connectivity index (χ1) is 13.8. The van der Waals surface area contributed by atoms with Crippen molar-refractivity contribution in [2.45, 2.75) is 71.4 Å². The van der Waals surface area contributed by atoms with Crippen LogP contribution in [-0.4, -0.2) is 81.6 Å². The second-order valence-electron chi connectivity index (χ2n) is 8.53. The number of carbonyl (C=O) groups is 1. The summed E-state index contributed by atoms with van der Waals surface area (Å²) in [6.07, 6.45) is 5.02. The van der Waals surface area contributed by atoms with Gasteiger partial charge in [0.2, 0.25) is 0 Å². The Labute approximate surface area is 200 Å². The van der Waals surface area contributed by atoms with Crippen LogP contribution in [0.5, 0.6) is 0 Å². The van der Waals surface area contributed by atoms with Crippen molar-refractivity contribution in [3.05, 3.63) is 0 Å². The van der Waals surface area contributed by atoms with Crippen molar-refractivity contribution in [1.29, 1.82) is 0 Å². The molecule has 1 aliphatic rings. The fourth-order valence-electron chi connectivity index (χ4n) is 3.08. The molecule has 1 unspecified atom stereocenters. The predicted octanol–water partition coefficient (Wildman–Crippen LogP) is 2.97. The van der Waals surface area contributed by atoms with Crippen molar-refractivity contribution >= 4 is 36.0 Å². The molecule has 0 aromatic heterocycles. The number of hydrogen-bond acceptors (Lipinski definition) is 5. The largest absolute Gasteiger partial charge is 0.444 e. The van der Waals surface area contributed by atoms with E-state index in [0.717, 1.165) is 77.5 Å². The van der Waals surface area contributed by atoms with Crippen LogP contribution >= 0.6 is 24.0 Å². The third kappa shape index (κ3) is 15.1. The number of amides is 1. The molecule has 0 spiro atoms. The normalized spacial score (nSPS) is 16.4. The summed E-state index contributed by atoms with van der Waals surface area (Å²) in [6.45, 7) is 14.1. The van der Waals surface area contributed by atoms with Gasteiger partial charge >= 0.3 is 6.09 Å².